The molecule has 1 aliphatic heterocycles. The predicted octanol–water partition coefficient (Wildman–Crippen LogP) is 3.75. The van der Waals surface area contributed by atoms with Crippen LogP contribution in [-0.2, 0) is 0 Å². The van der Waals surface area contributed by atoms with E-state index in [-0.39, 0.29) is 6.03 Å². The van der Waals surface area contributed by atoms with Crippen molar-refractivity contribution in [3.63, 3.8) is 0 Å². The first-order valence-corrected chi connectivity index (χ1v) is 9.05. The normalized spacial score (nSPS) is 25.3. The Morgan fingerprint density at radius 3 is 2.48 bits per heavy atom. The number of benzene rings is 1. The van der Waals surface area contributed by atoms with Gasteiger partial charge in [-0.25, -0.2) is 4.79 Å². The van der Waals surface area contributed by atoms with Gasteiger partial charge in [0.1, 0.15) is 0 Å². The fourth-order valence-corrected chi connectivity index (χ4v) is 3.70. The van der Waals surface area contributed by atoms with Gasteiger partial charge in [0, 0.05) is 42.9 Å². The van der Waals surface area contributed by atoms with Crippen LogP contribution in [0.25, 0.3) is 0 Å². The van der Waals surface area contributed by atoms with E-state index >= 15 is 0 Å². The van der Waals surface area contributed by atoms with Crippen molar-refractivity contribution >= 4 is 23.3 Å². The Kier molecular flexibility index (Phi) is 5.31. The summed E-state index contributed by atoms with van der Waals surface area (Å²) in [5.41, 5.74) is 1.14. The summed E-state index contributed by atoms with van der Waals surface area (Å²) in [5.74, 6) is 0.810. The number of halogens is 1. The Balaban J connectivity index is 1.47. The van der Waals surface area contributed by atoms with Crippen LogP contribution in [0.15, 0.2) is 24.3 Å². The number of nitrogens with zero attached hydrogens (tertiary/aromatic N) is 2. The molecule has 1 N–H and O–H groups in total. The van der Waals surface area contributed by atoms with Gasteiger partial charge in [0.2, 0.25) is 0 Å². The van der Waals surface area contributed by atoms with E-state index in [4.69, 9.17) is 11.6 Å². The van der Waals surface area contributed by atoms with E-state index in [2.05, 4.69) is 23.2 Å². The fraction of sp³-hybridized carbons (Fsp3) is 0.611. The van der Waals surface area contributed by atoms with Crippen molar-refractivity contribution in [1.82, 2.24) is 10.2 Å². The van der Waals surface area contributed by atoms with Crippen molar-refractivity contribution in [2.45, 2.75) is 38.6 Å². The van der Waals surface area contributed by atoms with Crippen LogP contribution >= 0.6 is 11.6 Å². The van der Waals surface area contributed by atoms with Gasteiger partial charge in [-0.2, -0.15) is 0 Å². The average molecular weight is 336 g/mol. The quantitative estimate of drug-likeness (QED) is 0.893. The number of carbonyl (C=O) groups excluding carboxylic acids is 1. The summed E-state index contributed by atoms with van der Waals surface area (Å²) in [6.07, 6.45) is 4.70. The van der Waals surface area contributed by atoms with Crippen molar-refractivity contribution in [1.29, 1.82) is 0 Å². The lowest BCUT2D eigenvalue weighted by molar-refractivity contribution is 0.184. The van der Waals surface area contributed by atoms with Crippen LogP contribution in [-0.4, -0.2) is 43.2 Å². The fourth-order valence-electron chi connectivity index (χ4n) is 3.51. The standard InChI is InChI=1S/C18H26ClN3O/c1-14-5-7-16(8-6-14)20-18(23)22-11-9-21(10-12-22)17-4-2-3-15(19)13-17/h2-4,13-14,16H,5-12H2,1H3,(H,20,23). The zero-order chi connectivity index (χ0) is 16.2. The molecule has 1 saturated carbocycles. The van der Waals surface area contributed by atoms with Gasteiger partial charge >= 0.3 is 6.03 Å². The first-order valence-electron chi connectivity index (χ1n) is 8.68. The van der Waals surface area contributed by atoms with Crippen LogP contribution in [0.1, 0.15) is 32.6 Å². The van der Waals surface area contributed by atoms with Crippen molar-refractivity contribution in [2.75, 3.05) is 31.1 Å². The minimum atomic E-state index is 0.107. The van der Waals surface area contributed by atoms with Gasteiger partial charge in [-0.15, -0.1) is 0 Å². The highest BCUT2D eigenvalue weighted by Gasteiger charge is 2.25. The smallest absolute Gasteiger partial charge is 0.317 e. The van der Waals surface area contributed by atoms with Crippen LogP contribution in [0.2, 0.25) is 5.02 Å². The number of nitrogens with one attached hydrogen (secondary N) is 1. The Morgan fingerprint density at radius 2 is 1.83 bits per heavy atom. The van der Waals surface area contributed by atoms with E-state index in [1.54, 1.807) is 0 Å². The first-order chi connectivity index (χ1) is 11.1. The molecule has 0 aromatic heterocycles. The molecule has 23 heavy (non-hydrogen) atoms. The molecule has 0 bridgehead atoms. The monoisotopic (exact) mass is 335 g/mol. The van der Waals surface area contributed by atoms with Gasteiger partial charge in [0.25, 0.3) is 0 Å². The lowest BCUT2D eigenvalue weighted by Crippen LogP contribution is -2.53. The van der Waals surface area contributed by atoms with E-state index in [0.717, 1.165) is 55.6 Å². The first kappa shape index (κ1) is 16.4. The summed E-state index contributed by atoms with van der Waals surface area (Å²) < 4.78 is 0. The van der Waals surface area contributed by atoms with Crippen LogP contribution in [0.4, 0.5) is 10.5 Å². The minimum Gasteiger partial charge on any atom is -0.368 e. The molecule has 5 heteroatoms. The zero-order valence-electron chi connectivity index (χ0n) is 13.8. The molecule has 4 nitrogen and oxygen atoms in total. The van der Waals surface area contributed by atoms with E-state index in [0.29, 0.717) is 6.04 Å². The topological polar surface area (TPSA) is 35.6 Å². The van der Waals surface area contributed by atoms with Gasteiger partial charge in [0.15, 0.2) is 0 Å². The third-order valence-electron chi connectivity index (χ3n) is 5.08. The Bertz CT molecular complexity index is 535. The molecule has 2 aliphatic rings. The summed E-state index contributed by atoms with van der Waals surface area (Å²) in [6, 6.07) is 8.39. The maximum Gasteiger partial charge on any atom is 0.317 e. The molecule has 1 aliphatic carbocycles. The van der Waals surface area contributed by atoms with Crippen molar-refractivity contribution < 1.29 is 4.79 Å². The predicted molar refractivity (Wildman–Crippen MR) is 95.2 cm³/mol. The molecular weight excluding hydrogens is 310 g/mol. The highest BCUT2D eigenvalue weighted by Crippen LogP contribution is 2.24. The second kappa shape index (κ2) is 7.43. The molecule has 2 fully saturated rings. The SMILES string of the molecule is CC1CCC(NC(=O)N2CCN(c3cccc(Cl)c3)CC2)CC1. The Morgan fingerprint density at radius 1 is 1.13 bits per heavy atom. The molecule has 1 saturated heterocycles. The van der Waals surface area contributed by atoms with Gasteiger partial charge < -0.3 is 15.1 Å². The van der Waals surface area contributed by atoms with Crippen LogP contribution in [0, 0.1) is 5.92 Å². The maximum atomic E-state index is 12.4. The van der Waals surface area contributed by atoms with E-state index < -0.39 is 0 Å². The van der Waals surface area contributed by atoms with Crippen LogP contribution < -0.4 is 10.2 Å². The second-order valence-electron chi connectivity index (χ2n) is 6.86. The molecule has 0 unspecified atom stereocenters. The number of hydrogen-bond acceptors (Lipinski definition) is 2. The zero-order valence-corrected chi connectivity index (χ0v) is 14.6. The number of carbonyl (C=O) groups is 1. The summed E-state index contributed by atoms with van der Waals surface area (Å²) >= 11 is 6.06. The highest BCUT2D eigenvalue weighted by atomic mass is 35.5. The third-order valence-corrected chi connectivity index (χ3v) is 5.32. The van der Waals surface area contributed by atoms with E-state index in [1.807, 2.05) is 23.1 Å². The van der Waals surface area contributed by atoms with Crippen molar-refractivity contribution in [2.24, 2.45) is 5.92 Å². The Labute approximate surface area is 143 Å². The number of rotatable bonds is 2. The number of piperazine rings is 1. The lowest BCUT2D eigenvalue weighted by Gasteiger charge is -2.37. The number of hydrogen-bond donors (Lipinski definition) is 1. The van der Waals surface area contributed by atoms with Crippen molar-refractivity contribution in [3.05, 3.63) is 29.3 Å². The summed E-state index contributed by atoms with van der Waals surface area (Å²) in [7, 11) is 0. The third kappa shape index (κ3) is 4.31. The van der Waals surface area contributed by atoms with E-state index in [1.165, 1.54) is 12.8 Å². The Hall–Kier alpha value is -1.42. The maximum absolute atomic E-state index is 12.4. The van der Waals surface area contributed by atoms with Gasteiger partial charge in [-0.3, -0.25) is 0 Å². The van der Waals surface area contributed by atoms with Gasteiger partial charge in [-0.1, -0.05) is 24.6 Å². The van der Waals surface area contributed by atoms with Crippen molar-refractivity contribution in [3.8, 4) is 0 Å². The van der Waals surface area contributed by atoms with Crippen LogP contribution in [0.5, 0.6) is 0 Å². The van der Waals surface area contributed by atoms with E-state index in [9.17, 15) is 4.79 Å². The van der Waals surface area contributed by atoms with Crippen LogP contribution in [0.3, 0.4) is 0 Å². The minimum absolute atomic E-state index is 0.107. The molecule has 3 rings (SSSR count). The molecule has 1 aromatic rings. The molecule has 2 amide bonds. The second-order valence-corrected chi connectivity index (χ2v) is 7.30. The molecule has 0 atom stereocenters. The highest BCUT2D eigenvalue weighted by molar-refractivity contribution is 6.30. The summed E-state index contributed by atoms with van der Waals surface area (Å²) in [5, 5.41) is 3.98. The summed E-state index contributed by atoms with van der Waals surface area (Å²) in [6.45, 7) is 5.54. The average Bonchev–Trinajstić information content (AvgIpc) is 2.57. The molecule has 1 heterocycles. The molecule has 0 radical (unpaired) electrons. The number of anilines is 1. The lowest BCUT2D eigenvalue weighted by atomic mass is 9.87. The van der Waals surface area contributed by atoms with Gasteiger partial charge in [-0.05, 0) is 49.8 Å². The van der Waals surface area contributed by atoms with Gasteiger partial charge in [0.05, 0.1) is 0 Å². The summed E-state index contributed by atoms with van der Waals surface area (Å²) in [4.78, 5) is 16.7. The largest absolute Gasteiger partial charge is 0.368 e. The molecule has 1 aromatic carbocycles. The molecular formula is C18H26ClN3O. The molecule has 126 valence electrons. The number of amides is 2. The number of urea groups is 1. The molecule has 0 spiro atoms.